The highest BCUT2D eigenvalue weighted by Gasteiger charge is 2.30. The summed E-state index contributed by atoms with van der Waals surface area (Å²) < 4.78 is 21.4. The molecule has 1 atom stereocenters. The van der Waals surface area contributed by atoms with Crippen molar-refractivity contribution in [2.75, 3.05) is 6.54 Å². The highest BCUT2D eigenvalue weighted by Crippen LogP contribution is 2.34. The van der Waals surface area contributed by atoms with Gasteiger partial charge in [-0.15, -0.1) is 0 Å². The first-order chi connectivity index (χ1) is 12.5. The van der Waals surface area contributed by atoms with Crippen LogP contribution in [0.3, 0.4) is 0 Å². The highest BCUT2D eigenvalue weighted by molar-refractivity contribution is 5.42. The van der Waals surface area contributed by atoms with Crippen LogP contribution in [0, 0.1) is 26.6 Å². The van der Waals surface area contributed by atoms with Crippen LogP contribution in [0.1, 0.15) is 47.3 Å². The third kappa shape index (κ3) is 3.17. The molecular weight excluding hydrogens is 331 g/mol. The largest absolute Gasteiger partial charge is 0.359 e. The van der Waals surface area contributed by atoms with E-state index in [1.54, 1.807) is 6.07 Å². The van der Waals surface area contributed by atoms with Crippen molar-refractivity contribution in [2.45, 2.75) is 46.2 Å². The summed E-state index contributed by atoms with van der Waals surface area (Å²) in [7, 11) is 0. The zero-order chi connectivity index (χ0) is 18.3. The molecule has 3 heterocycles. The lowest BCUT2D eigenvalue weighted by Crippen LogP contribution is -2.23. The molecule has 1 aliphatic rings. The molecule has 6 heteroatoms. The van der Waals surface area contributed by atoms with E-state index < -0.39 is 0 Å². The number of likely N-dealkylation sites (tertiary alicyclic amines) is 1. The lowest BCUT2D eigenvalue weighted by Gasteiger charge is -2.24. The van der Waals surface area contributed by atoms with Crippen molar-refractivity contribution in [2.24, 2.45) is 0 Å². The van der Waals surface area contributed by atoms with Crippen molar-refractivity contribution in [3.05, 3.63) is 64.6 Å². The number of aryl methyl sites for hydroxylation is 3. The van der Waals surface area contributed by atoms with E-state index in [0.717, 1.165) is 53.5 Å². The lowest BCUT2D eigenvalue weighted by atomic mass is 10.1. The maximum atomic E-state index is 14.0. The SMILES string of the molecule is Cc1cc(C2CCCN2Cc2cc(F)ccc2-n2nc(C)cc2C)on1. The zero-order valence-corrected chi connectivity index (χ0v) is 15.4. The molecule has 1 aromatic carbocycles. The van der Waals surface area contributed by atoms with E-state index in [-0.39, 0.29) is 11.9 Å². The molecule has 0 amide bonds. The number of hydrogen-bond acceptors (Lipinski definition) is 4. The first-order valence-electron chi connectivity index (χ1n) is 9.00. The van der Waals surface area contributed by atoms with Gasteiger partial charge in [-0.1, -0.05) is 5.16 Å². The maximum absolute atomic E-state index is 14.0. The van der Waals surface area contributed by atoms with Crippen LogP contribution in [0.15, 0.2) is 34.9 Å². The number of hydrogen-bond donors (Lipinski definition) is 0. The van der Waals surface area contributed by atoms with Crippen molar-refractivity contribution in [1.29, 1.82) is 0 Å². The smallest absolute Gasteiger partial charge is 0.154 e. The topological polar surface area (TPSA) is 47.1 Å². The summed E-state index contributed by atoms with van der Waals surface area (Å²) in [5, 5.41) is 8.59. The molecule has 5 nitrogen and oxygen atoms in total. The van der Waals surface area contributed by atoms with E-state index in [1.165, 1.54) is 6.07 Å². The Labute approximate surface area is 152 Å². The molecule has 0 radical (unpaired) electrons. The Morgan fingerprint density at radius 2 is 2.00 bits per heavy atom. The molecule has 1 saturated heterocycles. The standard InChI is InChI=1S/C20H23FN4O/c1-13-9-15(3)25(22-13)18-7-6-17(21)11-16(18)12-24-8-4-5-19(24)20-10-14(2)23-26-20/h6-7,9-11,19H,4-5,8,12H2,1-3H3. The molecule has 1 fully saturated rings. The summed E-state index contributed by atoms with van der Waals surface area (Å²) in [5.41, 5.74) is 4.74. The summed E-state index contributed by atoms with van der Waals surface area (Å²) >= 11 is 0. The molecular formula is C20H23FN4O. The summed E-state index contributed by atoms with van der Waals surface area (Å²) in [6.07, 6.45) is 2.12. The molecule has 0 bridgehead atoms. The van der Waals surface area contributed by atoms with Crippen molar-refractivity contribution >= 4 is 0 Å². The highest BCUT2D eigenvalue weighted by atomic mass is 19.1. The quantitative estimate of drug-likeness (QED) is 0.702. The molecule has 0 aliphatic carbocycles. The van der Waals surface area contributed by atoms with Gasteiger partial charge in [0.2, 0.25) is 0 Å². The van der Waals surface area contributed by atoms with Crippen LogP contribution in [0.5, 0.6) is 0 Å². The van der Waals surface area contributed by atoms with E-state index in [2.05, 4.69) is 15.2 Å². The Hall–Kier alpha value is -2.47. The molecule has 136 valence electrons. The number of halogens is 1. The van der Waals surface area contributed by atoms with Crippen LogP contribution in [0.2, 0.25) is 0 Å². The summed E-state index contributed by atoms with van der Waals surface area (Å²) in [4.78, 5) is 2.34. The van der Waals surface area contributed by atoms with Crippen molar-refractivity contribution in [3.8, 4) is 5.69 Å². The van der Waals surface area contributed by atoms with Gasteiger partial charge in [-0.05, 0) is 70.0 Å². The Kier molecular flexibility index (Phi) is 4.36. The second kappa shape index (κ2) is 6.68. The van der Waals surface area contributed by atoms with Gasteiger partial charge in [0.05, 0.1) is 23.1 Å². The summed E-state index contributed by atoms with van der Waals surface area (Å²) in [6, 6.07) is 9.14. The molecule has 1 unspecified atom stereocenters. The fraction of sp³-hybridized carbons (Fsp3) is 0.400. The first kappa shape index (κ1) is 17.0. The average Bonchev–Trinajstić information content (AvgIpc) is 3.28. The van der Waals surface area contributed by atoms with Gasteiger partial charge in [-0.2, -0.15) is 5.10 Å². The molecule has 0 spiro atoms. The van der Waals surface area contributed by atoms with E-state index in [9.17, 15) is 4.39 Å². The van der Waals surface area contributed by atoms with Crippen molar-refractivity contribution in [3.63, 3.8) is 0 Å². The fourth-order valence-electron chi connectivity index (χ4n) is 3.86. The van der Waals surface area contributed by atoms with Gasteiger partial charge in [0.1, 0.15) is 5.82 Å². The predicted molar refractivity (Wildman–Crippen MR) is 96.6 cm³/mol. The zero-order valence-electron chi connectivity index (χ0n) is 15.4. The minimum absolute atomic E-state index is 0.188. The van der Waals surface area contributed by atoms with E-state index in [0.29, 0.717) is 6.54 Å². The minimum atomic E-state index is -0.225. The second-order valence-corrected chi connectivity index (χ2v) is 7.11. The molecule has 0 saturated carbocycles. The van der Waals surface area contributed by atoms with Crippen molar-refractivity contribution in [1.82, 2.24) is 19.8 Å². The molecule has 1 aliphatic heterocycles. The average molecular weight is 354 g/mol. The Morgan fingerprint density at radius 3 is 2.69 bits per heavy atom. The number of rotatable bonds is 4. The van der Waals surface area contributed by atoms with Crippen LogP contribution in [-0.2, 0) is 6.54 Å². The molecule has 3 aromatic rings. The van der Waals surface area contributed by atoms with Crippen LogP contribution < -0.4 is 0 Å². The van der Waals surface area contributed by atoms with Gasteiger partial charge < -0.3 is 4.52 Å². The number of benzene rings is 1. The lowest BCUT2D eigenvalue weighted by molar-refractivity contribution is 0.206. The van der Waals surface area contributed by atoms with Crippen LogP contribution in [-0.4, -0.2) is 26.4 Å². The van der Waals surface area contributed by atoms with Gasteiger partial charge in [0.25, 0.3) is 0 Å². The third-order valence-corrected chi connectivity index (χ3v) is 4.99. The molecule has 4 rings (SSSR count). The van der Waals surface area contributed by atoms with Gasteiger partial charge in [0.15, 0.2) is 5.76 Å². The maximum Gasteiger partial charge on any atom is 0.154 e. The summed E-state index contributed by atoms with van der Waals surface area (Å²) in [6.45, 7) is 7.52. The van der Waals surface area contributed by atoms with Gasteiger partial charge in [-0.25, -0.2) is 9.07 Å². The van der Waals surface area contributed by atoms with Crippen molar-refractivity contribution < 1.29 is 8.91 Å². The number of aromatic nitrogens is 3. The molecule has 26 heavy (non-hydrogen) atoms. The normalized spacial score (nSPS) is 17.9. The Balaban J connectivity index is 1.67. The third-order valence-electron chi connectivity index (χ3n) is 4.99. The Morgan fingerprint density at radius 1 is 1.15 bits per heavy atom. The molecule has 2 aromatic heterocycles. The fourth-order valence-corrected chi connectivity index (χ4v) is 3.86. The van der Waals surface area contributed by atoms with Crippen LogP contribution in [0.4, 0.5) is 4.39 Å². The van der Waals surface area contributed by atoms with Crippen LogP contribution in [0.25, 0.3) is 5.69 Å². The van der Waals surface area contributed by atoms with E-state index in [1.807, 2.05) is 43.7 Å². The summed E-state index contributed by atoms with van der Waals surface area (Å²) in [5.74, 6) is 0.667. The monoisotopic (exact) mass is 354 g/mol. The first-order valence-corrected chi connectivity index (χ1v) is 9.00. The molecule has 0 N–H and O–H groups in total. The van der Waals surface area contributed by atoms with Gasteiger partial charge in [-0.3, -0.25) is 4.90 Å². The van der Waals surface area contributed by atoms with Gasteiger partial charge >= 0.3 is 0 Å². The Bertz CT molecular complexity index is 930. The minimum Gasteiger partial charge on any atom is -0.359 e. The van der Waals surface area contributed by atoms with E-state index >= 15 is 0 Å². The van der Waals surface area contributed by atoms with Gasteiger partial charge in [0, 0.05) is 18.3 Å². The predicted octanol–water partition coefficient (Wildman–Crippen LogP) is 4.26. The second-order valence-electron chi connectivity index (χ2n) is 7.11. The van der Waals surface area contributed by atoms with Crippen LogP contribution >= 0.6 is 0 Å². The number of nitrogens with zero attached hydrogens (tertiary/aromatic N) is 4. The van der Waals surface area contributed by atoms with E-state index in [4.69, 9.17) is 4.52 Å².